The SMILES string of the molecule is CCn1c(O)c(N=NC(=O)c2cc3ccccc3cc2O)c2cc(Br)ccc21. The molecule has 0 radical (unpaired) electrons. The number of azo groups is 1. The molecule has 0 unspecified atom stereocenters. The maximum Gasteiger partial charge on any atom is 0.299 e. The molecule has 0 bridgehead atoms. The normalized spacial score (nSPS) is 11.6. The molecule has 0 aliphatic heterocycles. The molecule has 4 aromatic rings. The highest BCUT2D eigenvalue weighted by molar-refractivity contribution is 9.10. The van der Waals surface area contributed by atoms with Crippen LogP contribution in [0.15, 0.2) is 69.3 Å². The van der Waals surface area contributed by atoms with Gasteiger partial charge in [-0.15, -0.1) is 10.2 Å². The third-order valence-corrected chi connectivity index (χ3v) is 5.12. The summed E-state index contributed by atoms with van der Waals surface area (Å²) in [6.07, 6.45) is 0. The Morgan fingerprint density at radius 2 is 1.79 bits per heavy atom. The average Bonchev–Trinajstić information content (AvgIpc) is 2.95. The van der Waals surface area contributed by atoms with Gasteiger partial charge in [-0.25, -0.2) is 0 Å². The topological polar surface area (TPSA) is 87.2 Å². The Labute approximate surface area is 168 Å². The zero-order valence-electron chi connectivity index (χ0n) is 14.9. The second kappa shape index (κ2) is 7.09. The van der Waals surface area contributed by atoms with Crippen molar-refractivity contribution in [2.75, 3.05) is 0 Å². The predicted molar refractivity (Wildman–Crippen MR) is 111 cm³/mol. The van der Waals surface area contributed by atoms with Gasteiger partial charge in [0, 0.05) is 16.4 Å². The minimum atomic E-state index is -0.685. The summed E-state index contributed by atoms with van der Waals surface area (Å²) in [6, 6.07) is 16.0. The summed E-state index contributed by atoms with van der Waals surface area (Å²) in [4.78, 5) is 12.6. The quantitative estimate of drug-likeness (QED) is 0.390. The van der Waals surface area contributed by atoms with Crippen LogP contribution in [0.1, 0.15) is 17.3 Å². The first kappa shape index (κ1) is 18.2. The number of hydrogen-bond donors (Lipinski definition) is 2. The van der Waals surface area contributed by atoms with Crippen molar-refractivity contribution in [1.82, 2.24) is 4.57 Å². The Hall–Kier alpha value is -3.19. The van der Waals surface area contributed by atoms with E-state index >= 15 is 0 Å². The van der Waals surface area contributed by atoms with Gasteiger partial charge in [0.25, 0.3) is 5.91 Å². The number of fused-ring (bicyclic) bond motifs is 2. The summed E-state index contributed by atoms with van der Waals surface area (Å²) in [7, 11) is 0. The average molecular weight is 438 g/mol. The van der Waals surface area contributed by atoms with Crippen molar-refractivity contribution in [3.05, 3.63) is 64.6 Å². The van der Waals surface area contributed by atoms with Crippen molar-refractivity contribution in [2.24, 2.45) is 10.2 Å². The molecule has 28 heavy (non-hydrogen) atoms. The lowest BCUT2D eigenvalue weighted by Crippen LogP contribution is -1.94. The maximum atomic E-state index is 12.6. The van der Waals surface area contributed by atoms with Crippen LogP contribution >= 0.6 is 15.9 Å². The number of aryl methyl sites for hydroxylation is 1. The van der Waals surface area contributed by atoms with E-state index in [2.05, 4.69) is 26.2 Å². The lowest BCUT2D eigenvalue weighted by Gasteiger charge is -2.03. The largest absolute Gasteiger partial charge is 0.507 e. The summed E-state index contributed by atoms with van der Waals surface area (Å²) in [6.45, 7) is 2.44. The van der Waals surface area contributed by atoms with Crippen molar-refractivity contribution in [2.45, 2.75) is 13.5 Å². The molecule has 7 heteroatoms. The number of aromatic nitrogens is 1. The molecular formula is C21H16BrN3O3. The van der Waals surface area contributed by atoms with Crippen LogP contribution in [-0.4, -0.2) is 20.7 Å². The van der Waals surface area contributed by atoms with Gasteiger partial charge in [0.05, 0.1) is 11.1 Å². The highest BCUT2D eigenvalue weighted by Crippen LogP contribution is 2.40. The number of halogens is 1. The van der Waals surface area contributed by atoms with Gasteiger partial charge in [0.2, 0.25) is 5.88 Å². The number of carbonyl (C=O) groups is 1. The van der Waals surface area contributed by atoms with Crippen LogP contribution in [0.2, 0.25) is 0 Å². The van der Waals surface area contributed by atoms with E-state index in [0.29, 0.717) is 11.9 Å². The van der Waals surface area contributed by atoms with Gasteiger partial charge in [-0.1, -0.05) is 40.2 Å². The molecule has 4 rings (SSSR count). The predicted octanol–water partition coefficient (Wildman–Crippen LogP) is 5.91. The van der Waals surface area contributed by atoms with Crippen LogP contribution in [0.4, 0.5) is 5.69 Å². The second-order valence-electron chi connectivity index (χ2n) is 6.30. The number of rotatable bonds is 3. The zero-order chi connectivity index (χ0) is 19.8. The lowest BCUT2D eigenvalue weighted by molar-refractivity contribution is 0.0992. The Kier molecular flexibility index (Phi) is 4.60. The third-order valence-electron chi connectivity index (χ3n) is 4.62. The van der Waals surface area contributed by atoms with Crippen LogP contribution < -0.4 is 0 Å². The molecule has 0 fully saturated rings. The van der Waals surface area contributed by atoms with Gasteiger partial charge in [0.1, 0.15) is 5.75 Å². The Bertz CT molecular complexity index is 1260. The molecule has 1 heterocycles. The fourth-order valence-corrected chi connectivity index (χ4v) is 3.62. The lowest BCUT2D eigenvalue weighted by atomic mass is 10.1. The fraction of sp³-hybridized carbons (Fsp3) is 0.0952. The zero-order valence-corrected chi connectivity index (χ0v) is 16.5. The van der Waals surface area contributed by atoms with Gasteiger partial charge in [-0.2, -0.15) is 0 Å². The standard InChI is InChI=1S/C21H16BrN3O3/c1-2-25-17-8-7-14(22)11-15(17)19(21(25)28)23-24-20(27)16-9-12-5-3-4-6-13(12)10-18(16)26/h3-11,26,28H,2H2,1H3. The highest BCUT2D eigenvalue weighted by Gasteiger charge is 2.17. The van der Waals surface area contributed by atoms with Crippen molar-refractivity contribution >= 4 is 49.2 Å². The molecule has 1 amide bonds. The van der Waals surface area contributed by atoms with E-state index < -0.39 is 5.91 Å². The summed E-state index contributed by atoms with van der Waals surface area (Å²) in [5.41, 5.74) is 1.06. The van der Waals surface area contributed by atoms with Gasteiger partial charge in [0.15, 0.2) is 5.69 Å². The van der Waals surface area contributed by atoms with E-state index in [0.717, 1.165) is 20.8 Å². The van der Waals surface area contributed by atoms with Crippen LogP contribution in [0.25, 0.3) is 21.7 Å². The molecule has 0 aliphatic rings. The second-order valence-corrected chi connectivity index (χ2v) is 7.22. The summed E-state index contributed by atoms with van der Waals surface area (Å²) < 4.78 is 2.51. The first-order valence-electron chi connectivity index (χ1n) is 8.68. The number of phenols is 1. The Balaban J connectivity index is 1.77. The molecule has 0 spiro atoms. The fourth-order valence-electron chi connectivity index (χ4n) is 3.26. The van der Waals surface area contributed by atoms with E-state index in [1.54, 1.807) is 10.6 Å². The number of nitrogens with zero attached hydrogens (tertiary/aromatic N) is 3. The first-order chi connectivity index (χ1) is 13.5. The molecule has 2 N–H and O–H groups in total. The maximum absolute atomic E-state index is 12.6. The van der Waals surface area contributed by atoms with Crippen molar-refractivity contribution in [1.29, 1.82) is 0 Å². The monoisotopic (exact) mass is 437 g/mol. The molecule has 1 aromatic heterocycles. The molecule has 0 aliphatic carbocycles. The van der Waals surface area contributed by atoms with Gasteiger partial charge in [-0.3, -0.25) is 4.79 Å². The smallest absolute Gasteiger partial charge is 0.299 e. The summed E-state index contributed by atoms with van der Waals surface area (Å²) in [5, 5.41) is 30.8. The first-order valence-corrected chi connectivity index (χ1v) is 9.47. The van der Waals surface area contributed by atoms with Gasteiger partial charge in [-0.05, 0) is 48.0 Å². The van der Waals surface area contributed by atoms with Crippen LogP contribution in [0.5, 0.6) is 11.6 Å². The van der Waals surface area contributed by atoms with Crippen LogP contribution in [-0.2, 0) is 6.54 Å². The molecular weight excluding hydrogens is 422 g/mol. The summed E-state index contributed by atoms with van der Waals surface area (Å²) >= 11 is 3.41. The Morgan fingerprint density at radius 3 is 2.50 bits per heavy atom. The molecule has 3 aromatic carbocycles. The van der Waals surface area contributed by atoms with E-state index in [4.69, 9.17) is 0 Å². The van der Waals surface area contributed by atoms with Crippen molar-refractivity contribution < 1.29 is 15.0 Å². The number of benzene rings is 3. The van der Waals surface area contributed by atoms with Gasteiger partial charge < -0.3 is 14.8 Å². The molecule has 0 saturated heterocycles. The molecule has 6 nitrogen and oxygen atoms in total. The van der Waals surface area contributed by atoms with E-state index in [-0.39, 0.29) is 22.9 Å². The number of aromatic hydroxyl groups is 2. The minimum Gasteiger partial charge on any atom is -0.507 e. The summed E-state index contributed by atoms with van der Waals surface area (Å²) in [5.74, 6) is -0.907. The van der Waals surface area contributed by atoms with E-state index in [1.807, 2.05) is 49.4 Å². The van der Waals surface area contributed by atoms with Crippen LogP contribution in [0.3, 0.4) is 0 Å². The van der Waals surface area contributed by atoms with Crippen molar-refractivity contribution in [3.63, 3.8) is 0 Å². The number of phenolic OH excluding ortho intramolecular Hbond substituents is 1. The number of amides is 1. The van der Waals surface area contributed by atoms with E-state index in [9.17, 15) is 15.0 Å². The number of hydrogen-bond acceptors (Lipinski definition) is 4. The number of carbonyl (C=O) groups excluding carboxylic acids is 1. The van der Waals surface area contributed by atoms with E-state index in [1.165, 1.54) is 6.07 Å². The van der Waals surface area contributed by atoms with Crippen molar-refractivity contribution in [3.8, 4) is 11.6 Å². The van der Waals surface area contributed by atoms with Crippen LogP contribution in [0, 0.1) is 0 Å². The van der Waals surface area contributed by atoms with Gasteiger partial charge >= 0.3 is 0 Å². The molecule has 0 saturated carbocycles. The minimum absolute atomic E-state index is 0.0577. The highest BCUT2D eigenvalue weighted by atomic mass is 79.9. The molecule has 140 valence electrons. The Morgan fingerprint density at radius 1 is 1.07 bits per heavy atom. The third kappa shape index (κ3) is 3.03. The molecule has 0 atom stereocenters.